The van der Waals surface area contributed by atoms with Crippen molar-refractivity contribution in [2.45, 2.75) is 25.4 Å². The van der Waals surface area contributed by atoms with Gasteiger partial charge in [0.2, 0.25) is 0 Å². The average Bonchev–Trinajstić information content (AvgIpc) is 2.16. The molecule has 1 aromatic rings. The first-order valence-corrected chi connectivity index (χ1v) is 4.23. The predicted octanol–water partition coefficient (Wildman–Crippen LogP) is 0.549. The highest BCUT2D eigenvalue weighted by Gasteiger charge is 2.25. The smallest absolute Gasteiger partial charge is 0.303 e. The van der Waals surface area contributed by atoms with Crippen molar-refractivity contribution in [1.82, 2.24) is 9.97 Å². The lowest BCUT2D eigenvalue weighted by atomic mass is 9.97. The van der Waals surface area contributed by atoms with E-state index in [9.17, 15) is 9.90 Å². The molecule has 0 aliphatic carbocycles. The predicted molar refractivity (Wildman–Crippen MR) is 48.5 cm³/mol. The molecule has 0 amide bonds. The number of rotatable bonds is 4. The van der Waals surface area contributed by atoms with E-state index in [1.54, 1.807) is 0 Å². The van der Waals surface area contributed by atoms with Crippen LogP contribution in [0.2, 0.25) is 0 Å². The average molecular weight is 196 g/mol. The van der Waals surface area contributed by atoms with Crippen LogP contribution < -0.4 is 0 Å². The van der Waals surface area contributed by atoms with E-state index in [0.29, 0.717) is 5.69 Å². The minimum Gasteiger partial charge on any atom is -0.481 e. The van der Waals surface area contributed by atoms with Gasteiger partial charge in [0.15, 0.2) is 0 Å². The highest BCUT2D eigenvalue weighted by molar-refractivity contribution is 5.66. The van der Waals surface area contributed by atoms with Gasteiger partial charge in [-0.15, -0.1) is 0 Å². The summed E-state index contributed by atoms with van der Waals surface area (Å²) in [7, 11) is 0. The van der Waals surface area contributed by atoms with Crippen molar-refractivity contribution < 1.29 is 15.0 Å². The van der Waals surface area contributed by atoms with E-state index in [4.69, 9.17) is 5.11 Å². The molecular weight excluding hydrogens is 184 g/mol. The molecule has 14 heavy (non-hydrogen) atoms. The molecule has 0 aliphatic rings. The number of aromatic nitrogens is 2. The van der Waals surface area contributed by atoms with Crippen molar-refractivity contribution in [3.8, 4) is 0 Å². The minimum absolute atomic E-state index is 0.0937. The Labute approximate surface area is 81.4 Å². The van der Waals surface area contributed by atoms with Crippen LogP contribution in [-0.4, -0.2) is 26.2 Å². The first-order valence-electron chi connectivity index (χ1n) is 4.23. The summed E-state index contributed by atoms with van der Waals surface area (Å²) >= 11 is 0. The highest BCUT2D eigenvalue weighted by atomic mass is 16.4. The van der Waals surface area contributed by atoms with Crippen LogP contribution in [0.4, 0.5) is 0 Å². The van der Waals surface area contributed by atoms with Gasteiger partial charge in [-0.2, -0.15) is 0 Å². The number of aliphatic carboxylic acids is 1. The molecular formula is C9H12N2O3. The van der Waals surface area contributed by atoms with Crippen LogP contribution in [0.5, 0.6) is 0 Å². The normalized spacial score (nSPS) is 14.7. The number of aliphatic hydroxyl groups is 1. The first kappa shape index (κ1) is 10.6. The van der Waals surface area contributed by atoms with Crippen LogP contribution in [0.1, 0.15) is 25.5 Å². The Kier molecular flexibility index (Phi) is 3.14. The molecule has 5 nitrogen and oxygen atoms in total. The van der Waals surface area contributed by atoms with E-state index in [0.717, 1.165) is 0 Å². The largest absolute Gasteiger partial charge is 0.481 e. The monoisotopic (exact) mass is 196 g/mol. The number of carboxylic acids is 1. The van der Waals surface area contributed by atoms with Gasteiger partial charge in [-0.1, -0.05) is 0 Å². The van der Waals surface area contributed by atoms with Crippen molar-refractivity contribution >= 4 is 5.97 Å². The number of nitrogens with zero attached hydrogens (tertiary/aromatic N) is 2. The van der Waals surface area contributed by atoms with Crippen LogP contribution in [0.15, 0.2) is 18.6 Å². The minimum atomic E-state index is -1.23. The third-order valence-electron chi connectivity index (χ3n) is 1.94. The van der Waals surface area contributed by atoms with E-state index < -0.39 is 11.6 Å². The number of carbonyl (C=O) groups is 1. The molecule has 1 atom stereocenters. The summed E-state index contributed by atoms with van der Waals surface area (Å²) in [6.45, 7) is 1.53. The molecule has 0 saturated carbocycles. The Hall–Kier alpha value is -1.49. The van der Waals surface area contributed by atoms with E-state index in [1.165, 1.54) is 25.5 Å². The number of carboxylic acid groups (broad SMARTS) is 1. The zero-order chi connectivity index (χ0) is 10.6. The van der Waals surface area contributed by atoms with Gasteiger partial charge in [0.25, 0.3) is 0 Å². The fraction of sp³-hybridized carbons (Fsp3) is 0.444. The molecule has 0 fully saturated rings. The van der Waals surface area contributed by atoms with Crippen molar-refractivity contribution in [3.63, 3.8) is 0 Å². The summed E-state index contributed by atoms with van der Waals surface area (Å²) in [5.74, 6) is -0.936. The fourth-order valence-corrected chi connectivity index (χ4v) is 1.06. The third-order valence-corrected chi connectivity index (χ3v) is 1.94. The maximum absolute atomic E-state index is 10.3. The van der Waals surface area contributed by atoms with Crippen LogP contribution >= 0.6 is 0 Å². The van der Waals surface area contributed by atoms with E-state index in [-0.39, 0.29) is 12.8 Å². The van der Waals surface area contributed by atoms with Crippen molar-refractivity contribution in [3.05, 3.63) is 24.3 Å². The lowest BCUT2D eigenvalue weighted by Gasteiger charge is -2.20. The van der Waals surface area contributed by atoms with E-state index in [2.05, 4.69) is 9.97 Å². The Morgan fingerprint density at radius 1 is 1.57 bits per heavy atom. The second kappa shape index (κ2) is 4.15. The quantitative estimate of drug-likeness (QED) is 0.734. The van der Waals surface area contributed by atoms with E-state index in [1.807, 2.05) is 0 Å². The molecule has 1 unspecified atom stereocenters. The van der Waals surface area contributed by atoms with Crippen LogP contribution in [0.3, 0.4) is 0 Å². The molecule has 2 N–H and O–H groups in total. The van der Waals surface area contributed by atoms with Gasteiger partial charge in [0, 0.05) is 18.8 Å². The summed E-state index contributed by atoms with van der Waals surface area (Å²) in [6.07, 6.45) is 4.42. The maximum atomic E-state index is 10.3. The van der Waals surface area contributed by atoms with E-state index >= 15 is 0 Å². The second-order valence-corrected chi connectivity index (χ2v) is 3.26. The fourth-order valence-electron chi connectivity index (χ4n) is 1.06. The molecule has 0 radical (unpaired) electrons. The standard InChI is InChI=1S/C9H12N2O3/c1-9(14,3-2-8(12)13)7-6-10-4-5-11-7/h4-6,14H,2-3H2,1H3,(H,12,13). The molecule has 0 saturated heterocycles. The molecule has 0 aliphatic heterocycles. The molecule has 1 aromatic heterocycles. The number of hydrogen-bond donors (Lipinski definition) is 2. The Balaban J connectivity index is 2.70. The van der Waals surface area contributed by atoms with Gasteiger partial charge in [0.05, 0.1) is 11.9 Å². The van der Waals surface area contributed by atoms with Gasteiger partial charge >= 0.3 is 5.97 Å². The van der Waals surface area contributed by atoms with Gasteiger partial charge in [0.1, 0.15) is 5.60 Å². The van der Waals surface area contributed by atoms with Gasteiger partial charge in [-0.25, -0.2) is 0 Å². The topological polar surface area (TPSA) is 83.3 Å². The van der Waals surface area contributed by atoms with Gasteiger partial charge < -0.3 is 10.2 Å². The summed E-state index contributed by atoms with van der Waals surface area (Å²) in [5, 5.41) is 18.3. The molecule has 1 rings (SSSR count). The summed E-state index contributed by atoms with van der Waals surface area (Å²) < 4.78 is 0. The van der Waals surface area contributed by atoms with Crippen LogP contribution in [0, 0.1) is 0 Å². The van der Waals surface area contributed by atoms with Gasteiger partial charge in [-0.3, -0.25) is 14.8 Å². The molecule has 0 spiro atoms. The third kappa shape index (κ3) is 2.77. The molecule has 1 heterocycles. The molecule has 76 valence electrons. The Morgan fingerprint density at radius 2 is 2.29 bits per heavy atom. The van der Waals surface area contributed by atoms with Crippen molar-refractivity contribution in [2.24, 2.45) is 0 Å². The summed E-state index contributed by atoms with van der Waals surface area (Å²) in [4.78, 5) is 18.1. The first-order chi connectivity index (χ1) is 6.52. The number of hydrogen-bond acceptors (Lipinski definition) is 4. The summed E-state index contributed by atoms with van der Waals surface area (Å²) in [5.41, 5.74) is -0.839. The molecule has 0 bridgehead atoms. The summed E-state index contributed by atoms with van der Waals surface area (Å²) in [6, 6.07) is 0. The zero-order valence-corrected chi connectivity index (χ0v) is 7.84. The maximum Gasteiger partial charge on any atom is 0.303 e. The SMILES string of the molecule is CC(O)(CCC(=O)O)c1cnccn1. The Bertz CT molecular complexity index is 311. The Morgan fingerprint density at radius 3 is 2.79 bits per heavy atom. The van der Waals surface area contributed by atoms with Gasteiger partial charge in [-0.05, 0) is 13.3 Å². The second-order valence-electron chi connectivity index (χ2n) is 3.26. The lowest BCUT2D eigenvalue weighted by Crippen LogP contribution is -2.23. The van der Waals surface area contributed by atoms with Crippen molar-refractivity contribution in [1.29, 1.82) is 0 Å². The highest BCUT2D eigenvalue weighted by Crippen LogP contribution is 2.22. The van der Waals surface area contributed by atoms with Crippen LogP contribution in [0.25, 0.3) is 0 Å². The van der Waals surface area contributed by atoms with Crippen molar-refractivity contribution in [2.75, 3.05) is 0 Å². The van der Waals surface area contributed by atoms with Crippen LogP contribution in [-0.2, 0) is 10.4 Å². The zero-order valence-electron chi connectivity index (χ0n) is 7.84. The lowest BCUT2D eigenvalue weighted by molar-refractivity contribution is -0.138. The molecule has 0 aromatic carbocycles. The molecule has 5 heteroatoms.